The van der Waals surface area contributed by atoms with Crippen molar-refractivity contribution in [2.75, 3.05) is 36.8 Å². The standard InChI is InChI=1S/C19H21N9O2S/c1-13-9-21-19-28(18(13)30)14(10-31-19)8-17(29)26-6-4-25(5-7-26)15-2-3-16(24-23-15)27-12-20-11-22-27/h2-3,9,11-12,14H,4-8,10H2,1H3/t14-/m0/s1. The number of amides is 1. The molecule has 31 heavy (non-hydrogen) atoms. The van der Waals surface area contributed by atoms with E-state index in [2.05, 4.69) is 30.2 Å². The molecule has 1 amide bonds. The lowest BCUT2D eigenvalue weighted by molar-refractivity contribution is -0.132. The highest BCUT2D eigenvalue weighted by Gasteiger charge is 2.30. The molecule has 0 N–H and O–H groups in total. The Morgan fingerprint density at radius 1 is 1.16 bits per heavy atom. The number of hydrogen-bond donors (Lipinski definition) is 0. The minimum Gasteiger partial charge on any atom is -0.352 e. The van der Waals surface area contributed by atoms with Crippen LogP contribution >= 0.6 is 11.8 Å². The van der Waals surface area contributed by atoms with E-state index >= 15 is 0 Å². The van der Waals surface area contributed by atoms with Crippen molar-refractivity contribution in [3.8, 4) is 5.82 Å². The van der Waals surface area contributed by atoms with E-state index in [1.807, 2.05) is 17.0 Å². The van der Waals surface area contributed by atoms with Crippen molar-refractivity contribution >= 4 is 23.5 Å². The van der Waals surface area contributed by atoms with Crippen LogP contribution in [0.15, 0.2) is 40.9 Å². The first-order chi connectivity index (χ1) is 15.1. The second-order valence-electron chi connectivity index (χ2n) is 7.53. The average Bonchev–Trinajstić information content (AvgIpc) is 3.47. The third-order valence-electron chi connectivity index (χ3n) is 5.56. The maximum atomic E-state index is 12.9. The first-order valence-corrected chi connectivity index (χ1v) is 11.0. The van der Waals surface area contributed by atoms with Crippen molar-refractivity contribution in [1.29, 1.82) is 0 Å². The Morgan fingerprint density at radius 3 is 2.65 bits per heavy atom. The molecule has 3 aromatic rings. The summed E-state index contributed by atoms with van der Waals surface area (Å²) in [7, 11) is 0. The molecule has 3 aromatic heterocycles. The molecule has 1 atom stereocenters. The molecule has 11 nitrogen and oxygen atoms in total. The van der Waals surface area contributed by atoms with Crippen LogP contribution in [0.2, 0.25) is 0 Å². The van der Waals surface area contributed by atoms with Gasteiger partial charge in [0.1, 0.15) is 12.7 Å². The lowest BCUT2D eigenvalue weighted by atomic mass is 10.2. The lowest BCUT2D eigenvalue weighted by Crippen LogP contribution is -2.49. The van der Waals surface area contributed by atoms with Gasteiger partial charge >= 0.3 is 0 Å². The largest absolute Gasteiger partial charge is 0.352 e. The van der Waals surface area contributed by atoms with Gasteiger partial charge < -0.3 is 9.80 Å². The topological polar surface area (TPSA) is 115 Å². The Hall–Kier alpha value is -3.28. The number of carbonyl (C=O) groups excluding carboxylic acids is 1. The van der Waals surface area contributed by atoms with E-state index in [9.17, 15) is 9.59 Å². The molecule has 0 radical (unpaired) electrons. The molecule has 0 aromatic carbocycles. The maximum absolute atomic E-state index is 12.9. The van der Waals surface area contributed by atoms with Crippen LogP contribution in [-0.4, -0.2) is 77.3 Å². The summed E-state index contributed by atoms with van der Waals surface area (Å²) in [5.41, 5.74) is 0.554. The monoisotopic (exact) mass is 439 g/mol. The molecule has 2 aliphatic heterocycles. The highest BCUT2D eigenvalue weighted by molar-refractivity contribution is 7.99. The van der Waals surface area contributed by atoms with E-state index in [0.29, 0.717) is 54.9 Å². The molecule has 0 unspecified atom stereocenters. The summed E-state index contributed by atoms with van der Waals surface area (Å²) in [6.45, 7) is 4.34. The molecule has 1 saturated heterocycles. The third kappa shape index (κ3) is 3.78. The molecule has 160 valence electrons. The Bertz CT molecular complexity index is 1140. The average molecular weight is 440 g/mol. The molecule has 12 heteroatoms. The van der Waals surface area contributed by atoms with Crippen molar-refractivity contribution < 1.29 is 4.79 Å². The number of piperazine rings is 1. The van der Waals surface area contributed by atoms with E-state index in [1.54, 1.807) is 28.7 Å². The highest BCUT2D eigenvalue weighted by atomic mass is 32.2. The van der Waals surface area contributed by atoms with E-state index in [1.165, 1.54) is 18.1 Å². The smallest absolute Gasteiger partial charge is 0.257 e. The molecule has 2 aliphatic rings. The van der Waals surface area contributed by atoms with Crippen LogP contribution in [0.25, 0.3) is 5.82 Å². The molecular weight excluding hydrogens is 418 g/mol. The van der Waals surface area contributed by atoms with Gasteiger partial charge in [0.2, 0.25) is 5.91 Å². The van der Waals surface area contributed by atoms with Gasteiger partial charge in [-0.25, -0.2) is 14.6 Å². The molecule has 0 spiro atoms. The fourth-order valence-corrected chi connectivity index (χ4v) is 4.93. The van der Waals surface area contributed by atoms with Gasteiger partial charge in [0, 0.05) is 50.1 Å². The van der Waals surface area contributed by atoms with Crippen LogP contribution in [0.3, 0.4) is 0 Å². The van der Waals surface area contributed by atoms with Crippen molar-refractivity contribution in [2.45, 2.75) is 24.5 Å². The summed E-state index contributed by atoms with van der Waals surface area (Å²) in [6.07, 6.45) is 4.94. The van der Waals surface area contributed by atoms with E-state index in [-0.39, 0.29) is 17.5 Å². The molecule has 5 heterocycles. The SMILES string of the molecule is Cc1cnc2n(c1=O)[C@@H](CC(=O)N1CCN(c3ccc(-n4cncn4)nn3)CC1)CS2. The molecule has 0 saturated carbocycles. The summed E-state index contributed by atoms with van der Waals surface area (Å²) in [5, 5.41) is 13.2. The van der Waals surface area contributed by atoms with Crippen LogP contribution in [0.5, 0.6) is 0 Å². The number of hydrogen-bond acceptors (Lipinski definition) is 9. The fraction of sp³-hybridized carbons (Fsp3) is 0.421. The van der Waals surface area contributed by atoms with Crippen molar-refractivity contribution in [3.05, 3.63) is 46.9 Å². The Balaban J connectivity index is 1.19. The molecule has 0 aliphatic carbocycles. The van der Waals surface area contributed by atoms with Gasteiger partial charge in [0.15, 0.2) is 16.8 Å². The van der Waals surface area contributed by atoms with Gasteiger partial charge in [-0.05, 0) is 19.1 Å². The minimum atomic E-state index is -0.138. The van der Waals surface area contributed by atoms with Crippen LogP contribution in [-0.2, 0) is 4.79 Å². The first kappa shape index (κ1) is 19.7. The number of thioether (sulfide) groups is 1. The number of carbonyl (C=O) groups is 1. The molecule has 1 fully saturated rings. The predicted octanol–water partition coefficient (Wildman–Crippen LogP) is 0.308. The lowest BCUT2D eigenvalue weighted by Gasteiger charge is -2.35. The minimum absolute atomic E-state index is 0.0504. The van der Waals surface area contributed by atoms with Crippen LogP contribution in [0.4, 0.5) is 5.82 Å². The summed E-state index contributed by atoms with van der Waals surface area (Å²) >= 11 is 1.53. The summed E-state index contributed by atoms with van der Waals surface area (Å²) in [6, 6.07) is 3.61. The van der Waals surface area contributed by atoms with Gasteiger partial charge in [0.25, 0.3) is 5.56 Å². The van der Waals surface area contributed by atoms with Gasteiger partial charge in [-0.3, -0.25) is 14.2 Å². The normalized spacial score (nSPS) is 18.3. The van der Waals surface area contributed by atoms with E-state index < -0.39 is 0 Å². The van der Waals surface area contributed by atoms with E-state index in [4.69, 9.17) is 0 Å². The van der Waals surface area contributed by atoms with Gasteiger partial charge in [-0.1, -0.05) is 11.8 Å². The second kappa shape index (κ2) is 8.10. The number of rotatable bonds is 4. The Morgan fingerprint density at radius 2 is 1.94 bits per heavy atom. The zero-order valence-electron chi connectivity index (χ0n) is 17.0. The van der Waals surface area contributed by atoms with Crippen LogP contribution in [0.1, 0.15) is 18.0 Å². The quantitative estimate of drug-likeness (QED) is 0.530. The Kier molecular flexibility index (Phi) is 5.14. The molecule has 5 rings (SSSR count). The van der Waals surface area contributed by atoms with Crippen molar-refractivity contribution in [2.24, 2.45) is 0 Å². The zero-order valence-corrected chi connectivity index (χ0v) is 17.8. The molecular formula is C19H21N9O2S. The van der Waals surface area contributed by atoms with E-state index in [0.717, 1.165) is 5.82 Å². The second-order valence-corrected chi connectivity index (χ2v) is 8.51. The summed E-state index contributed by atoms with van der Waals surface area (Å²) in [5.74, 6) is 2.14. The number of nitrogens with zero attached hydrogens (tertiary/aromatic N) is 9. The van der Waals surface area contributed by atoms with Crippen molar-refractivity contribution in [3.63, 3.8) is 0 Å². The number of aromatic nitrogens is 7. The van der Waals surface area contributed by atoms with Gasteiger partial charge in [0.05, 0.1) is 6.04 Å². The fourth-order valence-electron chi connectivity index (χ4n) is 3.82. The number of anilines is 1. The van der Waals surface area contributed by atoms with Crippen LogP contribution < -0.4 is 10.5 Å². The molecule has 0 bridgehead atoms. The number of fused-ring (bicyclic) bond motifs is 1. The zero-order chi connectivity index (χ0) is 21.4. The summed E-state index contributed by atoms with van der Waals surface area (Å²) < 4.78 is 3.23. The van der Waals surface area contributed by atoms with Gasteiger partial charge in [-0.15, -0.1) is 10.2 Å². The van der Waals surface area contributed by atoms with Crippen LogP contribution in [0, 0.1) is 6.92 Å². The summed E-state index contributed by atoms with van der Waals surface area (Å²) in [4.78, 5) is 37.6. The Labute approximate surface area is 182 Å². The number of aryl methyl sites for hydroxylation is 1. The predicted molar refractivity (Wildman–Crippen MR) is 113 cm³/mol. The maximum Gasteiger partial charge on any atom is 0.257 e. The third-order valence-corrected chi connectivity index (χ3v) is 6.67. The highest BCUT2D eigenvalue weighted by Crippen LogP contribution is 2.32. The van der Waals surface area contributed by atoms with Gasteiger partial charge in [-0.2, -0.15) is 5.10 Å². The first-order valence-electron chi connectivity index (χ1n) is 10.0. The van der Waals surface area contributed by atoms with Crippen molar-refractivity contribution in [1.82, 2.24) is 39.4 Å².